The Bertz CT molecular complexity index is 1130. The molecule has 0 radical (unpaired) electrons. The number of hydrogen-bond acceptors (Lipinski definition) is 0. The van der Waals surface area contributed by atoms with E-state index in [9.17, 15) is 0 Å². The van der Waals surface area contributed by atoms with Crippen molar-refractivity contribution in [1.29, 1.82) is 0 Å². The maximum absolute atomic E-state index is 4.67. The van der Waals surface area contributed by atoms with E-state index in [2.05, 4.69) is 83.9 Å². The molecule has 0 N–H and O–H groups in total. The monoisotopic (exact) mass is 641 g/mol. The molecule has 0 aromatic heterocycles. The van der Waals surface area contributed by atoms with E-state index in [-0.39, 0.29) is 26.6 Å². The standard InChI is InChI=1S/C38H58I/c1-10-33-29(4)36(26-39-9)37(38(6,7)8)30(5)34(33)19-17-15-13-11-12-14-16-18-27(2)24-31-20-22-32(23-21-31)35-25-28(35)3/h20-23,27-28,35H,4-5,10-19,24-26H2,1-3,6-9H3/q-1/t27?,28-,35?/m0/s1. The summed E-state index contributed by atoms with van der Waals surface area (Å²) in [6.07, 6.45) is 15.8. The Morgan fingerprint density at radius 1 is 0.872 bits per heavy atom. The Morgan fingerprint density at radius 3 is 2.00 bits per heavy atom. The molecule has 0 amide bonds. The summed E-state index contributed by atoms with van der Waals surface area (Å²) in [5.74, 6) is 2.53. The summed E-state index contributed by atoms with van der Waals surface area (Å²) < 4.78 is 1.23. The molecule has 0 aliphatic heterocycles. The van der Waals surface area contributed by atoms with Gasteiger partial charge in [0.15, 0.2) is 0 Å². The fourth-order valence-electron chi connectivity index (χ4n) is 6.82. The molecule has 3 atom stereocenters. The van der Waals surface area contributed by atoms with Crippen molar-refractivity contribution >= 4 is 13.2 Å². The van der Waals surface area contributed by atoms with Crippen LogP contribution in [0.15, 0.2) is 24.3 Å². The van der Waals surface area contributed by atoms with Crippen molar-refractivity contribution in [3.8, 4) is 0 Å². The summed E-state index contributed by atoms with van der Waals surface area (Å²) >= 11 is 0.196. The normalized spacial score (nSPS) is 18.0. The van der Waals surface area contributed by atoms with Crippen LogP contribution >= 0.6 is 0 Å². The molecule has 2 unspecified atom stereocenters. The van der Waals surface area contributed by atoms with Crippen LogP contribution in [0.4, 0.5) is 0 Å². The molecule has 3 rings (SSSR count). The van der Waals surface area contributed by atoms with E-state index in [0.29, 0.717) is 0 Å². The van der Waals surface area contributed by atoms with Crippen LogP contribution in [-0.2, 0) is 29.1 Å². The average Bonchev–Trinajstić information content (AvgIpc) is 3.61. The first-order valence-electron chi connectivity index (χ1n) is 16.0. The van der Waals surface area contributed by atoms with Gasteiger partial charge in [-0.1, -0.05) is 51.0 Å². The fraction of sp³-hybridized carbons (Fsp3) is 0.632. The van der Waals surface area contributed by atoms with E-state index in [1.165, 1.54) is 113 Å². The SMILES string of the molecule is C=c1c(CC)c(CCCCCCCCCC(C)Cc2ccc(C3C[C@@H]3C)cc2)c(=C)c(C(C)(C)C)c1C[I-]C. The van der Waals surface area contributed by atoms with Crippen molar-refractivity contribution in [2.75, 3.05) is 4.93 Å². The molecule has 1 heteroatoms. The number of alkyl halides is 2. The second-order valence-electron chi connectivity index (χ2n) is 13.7. The van der Waals surface area contributed by atoms with E-state index in [1.54, 1.807) is 5.56 Å². The van der Waals surface area contributed by atoms with Gasteiger partial charge in [0.25, 0.3) is 0 Å². The number of benzene rings is 2. The summed E-state index contributed by atoms with van der Waals surface area (Å²) in [4.78, 5) is 2.39. The Morgan fingerprint density at radius 2 is 1.46 bits per heavy atom. The average molecular weight is 642 g/mol. The zero-order valence-corrected chi connectivity index (χ0v) is 28.7. The van der Waals surface area contributed by atoms with Gasteiger partial charge in [-0.2, -0.15) is 0 Å². The third kappa shape index (κ3) is 9.20. The van der Waals surface area contributed by atoms with Gasteiger partial charge in [0.1, 0.15) is 0 Å². The second-order valence-corrected chi connectivity index (χ2v) is 15.9. The molecule has 0 heterocycles. The van der Waals surface area contributed by atoms with E-state index < -0.39 is 0 Å². The van der Waals surface area contributed by atoms with Crippen molar-refractivity contribution in [3.63, 3.8) is 0 Å². The van der Waals surface area contributed by atoms with Gasteiger partial charge in [0.2, 0.25) is 0 Å². The first kappa shape index (κ1) is 32.4. The summed E-state index contributed by atoms with van der Waals surface area (Å²) in [5.41, 5.74) is 9.27. The van der Waals surface area contributed by atoms with E-state index in [4.69, 9.17) is 0 Å². The molecule has 2 aromatic carbocycles. The van der Waals surface area contributed by atoms with Gasteiger partial charge in [-0.3, -0.25) is 0 Å². The molecule has 39 heavy (non-hydrogen) atoms. The third-order valence-electron chi connectivity index (χ3n) is 9.16. The van der Waals surface area contributed by atoms with Crippen molar-refractivity contribution < 1.29 is 21.2 Å². The summed E-state index contributed by atoms with van der Waals surface area (Å²) in [7, 11) is 0. The van der Waals surface area contributed by atoms with Gasteiger partial charge in [0.05, 0.1) is 0 Å². The summed E-state index contributed by atoms with van der Waals surface area (Å²) in [6, 6.07) is 9.56. The second kappa shape index (κ2) is 15.2. The minimum absolute atomic E-state index is 0.135. The van der Waals surface area contributed by atoms with Gasteiger partial charge >= 0.3 is 161 Å². The van der Waals surface area contributed by atoms with E-state index >= 15 is 0 Å². The predicted molar refractivity (Wildman–Crippen MR) is 171 cm³/mol. The molecule has 0 saturated heterocycles. The first-order valence-corrected chi connectivity index (χ1v) is 19.6. The van der Waals surface area contributed by atoms with Gasteiger partial charge in [-0.25, -0.2) is 0 Å². The topological polar surface area (TPSA) is 0 Å². The molecule has 2 aromatic rings. The van der Waals surface area contributed by atoms with Gasteiger partial charge in [-0.15, -0.1) is 0 Å². The zero-order chi connectivity index (χ0) is 28.6. The van der Waals surface area contributed by atoms with Crippen molar-refractivity contribution in [3.05, 3.63) is 68.1 Å². The van der Waals surface area contributed by atoms with Crippen LogP contribution in [0, 0.1) is 11.8 Å². The van der Waals surface area contributed by atoms with Crippen LogP contribution in [0.2, 0.25) is 0 Å². The molecular weight excluding hydrogens is 583 g/mol. The molecule has 0 nitrogen and oxygen atoms in total. The van der Waals surface area contributed by atoms with Crippen LogP contribution < -0.4 is 31.6 Å². The molecule has 0 spiro atoms. The molecule has 1 aliphatic carbocycles. The Hall–Kier alpha value is -1.09. The van der Waals surface area contributed by atoms with Crippen LogP contribution in [0.5, 0.6) is 0 Å². The zero-order valence-electron chi connectivity index (χ0n) is 26.5. The molecule has 1 fully saturated rings. The summed E-state index contributed by atoms with van der Waals surface area (Å²) in [6.45, 7) is 23.5. The van der Waals surface area contributed by atoms with Gasteiger partial charge in [-0.05, 0) is 41.7 Å². The van der Waals surface area contributed by atoms with Crippen LogP contribution in [0.25, 0.3) is 13.2 Å². The number of unbranched alkanes of at least 4 members (excludes halogenated alkanes) is 6. The number of rotatable bonds is 16. The number of halogens is 1. The molecule has 1 aliphatic rings. The van der Waals surface area contributed by atoms with E-state index in [0.717, 1.165) is 24.2 Å². The van der Waals surface area contributed by atoms with Crippen LogP contribution in [-0.4, -0.2) is 4.93 Å². The number of hydrogen-bond donors (Lipinski definition) is 0. The van der Waals surface area contributed by atoms with Gasteiger partial charge in [0, 0.05) is 0 Å². The molecule has 1 saturated carbocycles. The maximum atomic E-state index is 4.67. The van der Waals surface area contributed by atoms with Crippen LogP contribution in [0.1, 0.15) is 139 Å². The van der Waals surface area contributed by atoms with Crippen molar-refractivity contribution in [2.45, 2.75) is 134 Å². The Kier molecular flexibility index (Phi) is 12.7. The van der Waals surface area contributed by atoms with Crippen LogP contribution in [0.3, 0.4) is 0 Å². The molecular formula is C38H58I-. The molecule has 0 bridgehead atoms. The van der Waals surface area contributed by atoms with Gasteiger partial charge < -0.3 is 0 Å². The van der Waals surface area contributed by atoms with Crippen molar-refractivity contribution in [2.24, 2.45) is 11.8 Å². The minimum atomic E-state index is 0.135. The van der Waals surface area contributed by atoms with E-state index in [1.807, 2.05) is 0 Å². The quantitative estimate of drug-likeness (QED) is 0.116. The van der Waals surface area contributed by atoms with Crippen molar-refractivity contribution in [1.82, 2.24) is 0 Å². The summed E-state index contributed by atoms with van der Waals surface area (Å²) in [5, 5.41) is 2.67. The Labute approximate surface area is 252 Å². The Balaban J connectivity index is 1.37. The molecule has 218 valence electrons. The fourth-order valence-corrected chi connectivity index (χ4v) is 8.42. The third-order valence-corrected chi connectivity index (χ3v) is 10.7. The predicted octanol–water partition coefficient (Wildman–Crippen LogP) is 6.25. The first-order chi connectivity index (χ1) is 18.6.